The third-order valence-corrected chi connectivity index (χ3v) is 7.66. The van der Waals surface area contributed by atoms with Gasteiger partial charge in [0, 0.05) is 53.8 Å². The highest BCUT2D eigenvalue weighted by atomic mass is 32.1. The number of hydrogen-bond acceptors (Lipinski definition) is 7. The molecular weight excluding hydrogens is 410 g/mol. The van der Waals surface area contributed by atoms with Crippen molar-refractivity contribution in [2.45, 2.75) is 26.3 Å². The van der Waals surface area contributed by atoms with Crippen LogP contribution in [-0.2, 0) is 20.9 Å². The quantitative estimate of drug-likeness (QED) is 0.778. The monoisotopic (exact) mass is 431 g/mol. The molecule has 29 heavy (non-hydrogen) atoms. The van der Waals surface area contributed by atoms with Gasteiger partial charge in [-0.05, 0) is 24.8 Å². The summed E-state index contributed by atoms with van der Waals surface area (Å²) in [6.45, 7) is 4.07. The Morgan fingerprint density at radius 1 is 1.38 bits per heavy atom. The van der Waals surface area contributed by atoms with Crippen LogP contribution < -0.4 is 5.32 Å². The Labute approximate surface area is 176 Å². The van der Waals surface area contributed by atoms with Gasteiger partial charge >= 0.3 is 0 Å². The number of hydrogen-bond donors (Lipinski definition) is 1. The third-order valence-electron chi connectivity index (χ3n) is 6.08. The summed E-state index contributed by atoms with van der Waals surface area (Å²) in [5.74, 6) is 0.361. The van der Waals surface area contributed by atoms with Crippen molar-refractivity contribution >= 4 is 45.7 Å². The predicted octanol–water partition coefficient (Wildman–Crippen LogP) is 1.74. The summed E-state index contributed by atoms with van der Waals surface area (Å²) >= 11 is 2.80. The Morgan fingerprint density at radius 2 is 2.21 bits per heavy atom. The molecule has 2 saturated heterocycles. The number of amides is 3. The average molecular weight is 432 g/mol. The molecule has 3 aliphatic rings. The molecule has 1 N–H and O–H groups in total. The molecular formula is C19H21N5O3S2. The van der Waals surface area contributed by atoms with Crippen LogP contribution in [0.5, 0.6) is 0 Å². The Bertz CT molecular complexity index is 966. The zero-order valence-corrected chi connectivity index (χ0v) is 17.6. The lowest BCUT2D eigenvalue weighted by atomic mass is 9.91. The van der Waals surface area contributed by atoms with E-state index in [1.807, 2.05) is 22.4 Å². The maximum Gasteiger partial charge on any atom is 0.230 e. The van der Waals surface area contributed by atoms with Gasteiger partial charge in [0.25, 0.3) is 0 Å². The van der Waals surface area contributed by atoms with Gasteiger partial charge in [-0.2, -0.15) is 4.37 Å². The SMILES string of the molecule is Cc1nsc(NC(=O)C2CC23CN(C(=O)C2CC(=O)N(Cc4cccs4)C2)C3)n1. The fourth-order valence-electron chi connectivity index (χ4n) is 4.42. The maximum atomic E-state index is 12.8. The zero-order valence-electron chi connectivity index (χ0n) is 16.0. The molecule has 2 unspecified atom stereocenters. The molecule has 8 nitrogen and oxygen atoms in total. The average Bonchev–Trinajstić information content (AvgIpc) is 2.95. The first-order chi connectivity index (χ1) is 13.9. The fraction of sp³-hybridized carbons (Fsp3) is 0.526. The second-order valence-electron chi connectivity index (χ2n) is 8.20. The smallest absolute Gasteiger partial charge is 0.230 e. The van der Waals surface area contributed by atoms with Crippen molar-refractivity contribution in [2.75, 3.05) is 25.0 Å². The highest BCUT2D eigenvalue weighted by Gasteiger charge is 2.65. The van der Waals surface area contributed by atoms with Crippen LogP contribution in [0.3, 0.4) is 0 Å². The van der Waals surface area contributed by atoms with Gasteiger partial charge in [0.1, 0.15) is 5.82 Å². The van der Waals surface area contributed by atoms with Crippen LogP contribution in [-0.4, -0.2) is 56.5 Å². The van der Waals surface area contributed by atoms with E-state index in [4.69, 9.17) is 0 Å². The normalized spacial score (nSPS) is 24.7. The van der Waals surface area contributed by atoms with E-state index in [2.05, 4.69) is 14.7 Å². The number of carbonyl (C=O) groups is 3. The van der Waals surface area contributed by atoms with Crippen molar-refractivity contribution in [3.63, 3.8) is 0 Å². The van der Waals surface area contributed by atoms with Gasteiger partial charge < -0.3 is 15.1 Å². The number of thiophene rings is 1. The number of rotatable bonds is 5. The molecule has 2 aromatic heterocycles. The van der Waals surface area contributed by atoms with E-state index >= 15 is 0 Å². The molecule has 2 aliphatic heterocycles. The van der Waals surface area contributed by atoms with Crippen LogP contribution in [0, 0.1) is 24.2 Å². The zero-order chi connectivity index (χ0) is 20.2. The second-order valence-corrected chi connectivity index (χ2v) is 9.99. The summed E-state index contributed by atoms with van der Waals surface area (Å²) in [7, 11) is 0. The summed E-state index contributed by atoms with van der Waals surface area (Å²) in [5, 5.41) is 5.35. The van der Waals surface area contributed by atoms with Gasteiger partial charge in [0.05, 0.1) is 12.5 Å². The highest BCUT2D eigenvalue weighted by Crippen LogP contribution is 2.59. The molecule has 0 radical (unpaired) electrons. The van der Waals surface area contributed by atoms with Crippen molar-refractivity contribution in [3.8, 4) is 0 Å². The minimum Gasteiger partial charge on any atom is -0.341 e. The Kier molecular flexibility index (Phi) is 4.43. The van der Waals surface area contributed by atoms with Crippen LogP contribution >= 0.6 is 22.9 Å². The van der Waals surface area contributed by atoms with Gasteiger partial charge in [0.2, 0.25) is 22.9 Å². The maximum absolute atomic E-state index is 12.8. The first kappa shape index (κ1) is 18.7. The largest absolute Gasteiger partial charge is 0.341 e. The topological polar surface area (TPSA) is 95.5 Å². The number of aromatic nitrogens is 2. The Morgan fingerprint density at radius 3 is 2.90 bits per heavy atom. The highest BCUT2D eigenvalue weighted by molar-refractivity contribution is 7.10. The lowest BCUT2D eigenvalue weighted by Gasteiger charge is -2.42. The van der Waals surface area contributed by atoms with Gasteiger partial charge in [-0.15, -0.1) is 11.3 Å². The third kappa shape index (κ3) is 3.44. The van der Waals surface area contributed by atoms with E-state index in [1.54, 1.807) is 23.2 Å². The molecule has 152 valence electrons. The van der Waals surface area contributed by atoms with Crippen LogP contribution in [0.25, 0.3) is 0 Å². The Hall–Kier alpha value is -2.33. The van der Waals surface area contributed by atoms with E-state index in [0.29, 0.717) is 37.1 Å². The van der Waals surface area contributed by atoms with E-state index < -0.39 is 0 Å². The molecule has 2 atom stereocenters. The molecule has 1 spiro atoms. The van der Waals surface area contributed by atoms with Crippen molar-refractivity contribution in [2.24, 2.45) is 17.3 Å². The summed E-state index contributed by atoms with van der Waals surface area (Å²) in [4.78, 5) is 46.5. The minimum atomic E-state index is -0.268. The number of aryl methyl sites for hydroxylation is 1. The summed E-state index contributed by atoms with van der Waals surface area (Å²) in [6, 6.07) is 3.98. The van der Waals surface area contributed by atoms with Crippen molar-refractivity contribution in [1.82, 2.24) is 19.2 Å². The minimum absolute atomic E-state index is 0.0357. The van der Waals surface area contributed by atoms with Gasteiger partial charge in [-0.1, -0.05) is 6.07 Å². The number of nitrogens with one attached hydrogen (secondary N) is 1. The van der Waals surface area contributed by atoms with Crippen LogP contribution in [0.1, 0.15) is 23.5 Å². The first-order valence-electron chi connectivity index (χ1n) is 9.64. The molecule has 1 aliphatic carbocycles. The molecule has 3 amide bonds. The lowest BCUT2D eigenvalue weighted by Crippen LogP contribution is -2.55. The van der Waals surface area contributed by atoms with E-state index in [0.717, 1.165) is 11.3 Å². The van der Waals surface area contributed by atoms with E-state index in [9.17, 15) is 14.4 Å². The molecule has 2 aromatic rings. The number of carbonyl (C=O) groups excluding carboxylic acids is 3. The van der Waals surface area contributed by atoms with Crippen molar-refractivity contribution in [1.29, 1.82) is 0 Å². The molecule has 0 aromatic carbocycles. The standard InChI is InChI=1S/C19H21N5O3S2/c1-11-20-18(29-22-11)21-16(26)14-6-19(14)9-24(10-19)17(27)12-5-15(25)23(7-12)8-13-3-2-4-28-13/h2-4,12,14H,5-10H2,1H3,(H,20,21,22,26). The summed E-state index contributed by atoms with van der Waals surface area (Å²) in [5.41, 5.74) is -0.0846. The summed E-state index contributed by atoms with van der Waals surface area (Å²) < 4.78 is 4.07. The predicted molar refractivity (Wildman–Crippen MR) is 108 cm³/mol. The first-order valence-corrected chi connectivity index (χ1v) is 11.3. The fourth-order valence-corrected chi connectivity index (χ4v) is 5.72. The van der Waals surface area contributed by atoms with Crippen molar-refractivity contribution in [3.05, 3.63) is 28.2 Å². The van der Waals surface area contributed by atoms with Gasteiger partial charge in [0.15, 0.2) is 0 Å². The number of anilines is 1. The number of nitrogens with zero attached hydrogens (tertiary/aromatic N) is 4. The van der Waals surface area contributed by atoms with Crippen molar-refractivity contribution < 1.29 is 14.4 Å². The Balaban J connectivity index is 1.12. The molecule has 4 heterocycles. The molecule has 5 rings (SSSR count). The van der Waals surface area contributed by atoms with E-state index in [1.165, 1.54) is 11.5 Å². The van der Waals surface area contributed by atoms with Crippen LogP contribution in [0.4, 0.5) is 5.13 Å². The second kappa shape index (κ2) is 6.88. The van der Waals surface area contributed by atoms with E-state index in [-0.39, 0.29) is 41.4 Å². The molecule has 1 saturated carbocycles. The van der Waals surface area contributed by atoms with Crippen LogP contribution in [0.15, 0.2) is 17.5 Å². The lowest BCUT2D eigenvalue weighted by molar-refractivity contribution is -0.144. The molecule has 0 bridgehead atoms. The van der Waals surface area contributed by atoms with Gasteiger partial charge in [-0.25, -0.2) is 4.98 Å². The molecule has 3 fully saturated rings. The molecule has 10 heteroatoms. The number of likely N-dealkylation sites (tertiary alicyclic amines) is 2. The van der Waals surface area contributed by atoms with Gasteiger partial charge in [-0.3, -0.25) is 14.4 Å². The summed E-state index contributed by atoms with van der Waals surface area (Å²) in [6.07, 6.45) is 1.09. The van der Waals surface area contributed by atoms with Crippen LogP contribution in [0.2, 0.25) is 0 Å².